The monoisotopic (exact) mass is 272 g/mol. The molecule has 112 valence electrons. The van der Waals surface area contributed by atoms with Gasteiger partial charge in [-0.15, -0.1) is 0 Å². The Morgan fingerprint density at radius 3 is 2.53 bits per heavy atom. The Bertz CT molecular complexity index is 275. The van der Waals surface area contributed by atoms with Crippen LogP contribution in [0.2, 0.25) is 0 Å². The first-order chi connectivity index (χ1) is 8.87. The zero-order valence-corrected chi connectivity index (χ0v) is 12.6. The standard InChI is InChI=1S/C15H29NO3/c1-4-5-6-7-10-14(17)13-16(2,3)12-9-8-11-15(18)19/h6-7,14,17H,4-5,8-13H2,1-3H3/p+1/b7-6+. The molecule has 0 rings (SSSR count). The topological polar surface area (TPSA) is 57.5 Å². The van der Waals surface area contributed by atoms with Gasteiger partial charge in [0.2, 0.25) is 0 Å². The molecule has 0 bridgehead atoms. The van der Waals surface area contributed by atoms with E-state index in [-0.39, 0.29) is 12.5 Å². The van der Waals surface area contributed by atoms with E-state index >= 15 is 0 Å². The highest BCUT2D eigenvalue weighted by Crippen LogP contribution is 2.08. The minimum atomic E-state index is -0.730. The number of carboxylic acid groups (broad SMARTS) is 1. The number of nitrogens with zero attached hydrogens (tertiary/aromatic N) is 1. The number of rotatable bonds is 11. The van der Waals surface area contributed by atoms with E-state index in [2.05, 4.69) is 33.2 Å². The van der Waals surface area contributed by atoms with Crippen molar-refractivity contribution in [1.82, 2.24) is 0 Å². The van der Waals surface area contributed by atoms with Crippen molar-refractivity contribution in [2.24, 2.45) is 0 Å². The summed E-state index contributed by atoms with van der Waals surface area (Å²) in [5, 5.41) is 18.5. The molecule has 4 heteroatoms. The SMILES string of the molecule is CCC/C=C/CC(O)C[N+](C)(C)CCCCC(=O)O. The van der Waals surface area contributed by atoms with Crippen LogP contribution in [0.25, 0.3) is 0 Å². The molecule has 4 nitrogen and oxygen atoms in total. The fourth-order valence-corrected chi connectivity index (χ4v) is 2.09. The average Bonchev–Trinajstić information content (AvgIpc) is 2.29. The molecule has 0 amide bonds. The van der Waals surface area contributed by atoms with Crippen LogP contribution in [-0.4, -0.2) is 54.0 Å². The number of unbranched alkanes of at least 4 members (excludes halogenated alkanes) is 2. The van der Waals surface area contributed by atoms with E-state index in [9.17, 15) is 9.90 Å². The van der Waals surface area contributed by atoms with Crippen LogP contribution in [0.3, 0.4) is 0 Å². The van der Waals surface area contributed by atoms with Crippen LogP contribution in [0.5, 0.6) is 0 Å². The van der Waals surface area contributed by atoms with Crippen molar-refractivity contribution in [3.8, 4) is 0 Å². The number of hydrogen-bond acceptors (Lipinski definition) is 2. The minimum Gasteiger partial charge on any atom is -0.481 e. The molecule has 0 saturated heterocycles. The maximum atomic E-state index is 10.4. The van der Waals surface area contributed by atoms with E-state index in [0.717, 1.165) is 30.3 Å². The molecule has 0 aliphatic rings. The molecule has 0 aromatic heterocycles. The normalized spacial score (nSPS) is 13.9. The molecule has 0 radical (unpaired) electrons. The average molecular weight is 272 g/mol. The highest BCUT2D eigenvalue weighted by molar-refractivity contribution is 5.66. The lowest BCUT2D eigenvalue weighted by molar-refractivity contribution is -0.893. The Morgan fingerprint density at radius 1 is 1.26 bits per heavy atom. The van der Waals surface area contributed by atoms with Gasteiger partial charge in [-0.25, -0.2) is 0 Å². The number of aliphatic hydroxyl groups is 1. The summed E-state index contributed by atoms with van der Waals surface area (Å²) in [5.74, 6) is -0.730. The van der Waals surface area contributed by atoms with Crippen LogP contribution >= 0.6 is 0 Å². The molecule has 0 saturated carbocycles. The second kappa shape index (κ2) is 9.98. The number of hydrogen-bond donors (Lipinski definition) is 2. The summed E-state index contributed by atoms with van der Waals surface area (Å²) >= 11 is 0. The maximum Gasteiger partial charge on any atom is 0.303 e. The Labute approximate surface area is 117 Å². The summed E-state index contributed by atoms with van der Waals surface area (Å²) in [6.07, 6.45) is 8.61. The van der Waals surface area contributed by atoms with Gasteiger partial charge in [0.1, 0.15) is 12.6 Å². The fourth-order valence-electron chi connectivity index (χ4n) is 2.09. The second-order valence-electron chi connectivity index (χ2n) is 5.84. The summed E-state index contributed by atoms with van der Waals surface area (Å²) in [5.41, 5.74) is 0. The van der Waals surface area contributed by atoms with E-state index in [0.29, 0.717) is 19.4 Å². The number of carboxylic acids is 1. The molecule has 0 aromatic rings. The van der Waals surface area contributed by atoms with Crippen LogP contribution in [0.4, 0.5) is 0 Å². The Morgan fingerprint density at radius 2 is 1.95 bits per heavy atom. The molecule has 1 atom stereocenters. The molecule has 0 heterocycles. The number of carbonyl (C=O) groups is 1. The van der Waals surface area contributed by atoms with Gasteiger partial charge in [-0.1, -0.05) is 25.5 Å². The molecule has 0 fully saturated rings. The first-order valence-corrected chi connectivity index (χ1v) is 7.24. The Hall–Kier alpha value is -0.870. The summed E-state index contributed by atoms with van der Waals surface area (Å²) in [4.78, 5) is 10.4. The molecule has 2 N–H and O–H groups in total. The van der Waals surface area contributed by atoms with Gasteiger partial charge in [-0.3, -0.25) is 4.79 Å². The van der Waals surface area contributed by atoms with Gasteiger partial charge < -0.3 is 14.7 Å². The van der Waals surface area contributed by atoms with Crippen molar-refractivity contribution in [2.45, 2.75) is 51.6 Å². The fraction of sp³-hybridized carbons (Fsp3) is 0.800. The zero-order valence-electron chi connectivity index (χ0n) is 12.6. The van der Waals surface area contributed by atoms with E-state index in [1.807, 2.05) is 0 Å². The summed E-state index contributed by atoms with van der Waals surface area (Å²) < 4.78 is 0.738. The predicted octanol–water partition coefficient (Wildman–Crippen LogP) is 2.42. The van der Waals surface area contributed by atoms with E-state index in [1.165, 1.54) is 0 Å². The maximum absolute atomic E-state index is 10.4. The van der Waals surface area contributed by atoms with Crippen molar-refractivity contribution in [3.63, 3.8) is 0 Å². The molecule has 1 unspecified atom stereocenters. The van der Waals surface area contributed by atoms with Crippen molar-refractivity contribution >= 4 is 5.97 Å². The minimum absolute atomic E-state index is 0.238. The quantitative estimate of drug-likeness (QED) is 0.345. The van der Waals surface area contributed by atoms with E-state index < -0.39 is 5.97 Å². The molecule has 0 aromatic carbocycles. The lowest BCUT2D eigenvalue weighted by Gasteiger charge is -2.31. The number of aliphatic hydroxyl groups excluding tert-OH is 1. The van der Waals surface area contributed by atoms with Gasteiger partial charge in [-0.2, -0.15) is 0 Å². The Balaban J connectivity index is 3.83. The van der Waals surface area contributed by atoms with Gasteiger partial charge in [0.15, 0.2) is 0 Å². The van der Waals surface area contributed by atoms with Gasteiger partial charge >= 0.3 is 5.97 Å². The third kappa shape index (κ3) is 11.9. The second-order valence-corrected chi connectivity index (χ2v) is 5.84. The van der Waals surface area contributed by atoms with Gasteiger partial charge in [-0.05, 0) is 25.7 Å². The number of aliphatic carboxylic acids is 1. The number of allylic oxidation sites excluding steroid dienone is 1. The molecule has 0 aliphatic heterocycles. The molecular weight excluding hydrogens is 242 g/mol. The van der Waals surface area contributed by atoms with Crippen molar-refractivity contribution in [2.75, 3.05) is 27.2 Å². The van der Waals surface area contributed by atoms with Crippen molar-refractivity contribution < 1.29 is 19.5 Å². The first kappa shape index (κ1) is 18.1. The first-order valence-electron chi connectivity index (χ1n) is 7.24. The van der Waals surface area contributed by atoms with Crippen molar-refractivity contribution in [3.05, 3.63) is 12.2 Å². The summed E-state index contributed by atoms with van der Waals surface area (Å²) in [6.45, 7) is 3.75. The molecular formula is C15H30NO3+. The van der Waals surface area contributed by atoms with Crippen LogP contribution in [-0.2, 0) is 4.79 Å². The molecule has 0 aliphatic carbocycles. The van der Waals surface area contributed by atoms with Crippen LogP contribution < -0.4 is 0 Å². The smallest absolute Gasteiger partial charge is 0.303 e. The third-order valence-electron chi connectivity index (χ3n) is 3.14. The largest absolute Gasteiger partial charge is 0.481 e. The van der Waals surface area contributed by atoms with Crippen LogP contribution in [0, 0.1) is 0 Å². The van der Waals surface area contributed by atoms with E-state index in [4.69, 9.17) is 5.11 Å². The van der Waals surface area contributed by atoms with Gasteiger partial charge in [0.05, 0.1) is 20.6 Å². The Kier molecular flexibility index (Phi) is 9.53. The lowest BCUT2D eigenvalue weighted by Crippen LogP contribution is -2.45. The summed E-state index contributed by atoms with van der Waals surface area (Å²) in [7, 11) is 4.17. The highest BCUT2D eigenvalue weighted by Gasteiger charge is 2.19. The third-order valence-corrected chi connectivity index (χ3v) is 3.14. The highest BCUT2D eigenvalue weighted by atomic mass is 16.4. The van der Waals surface area contributed by atoms with Crippen LogP contribution in [0.1, 0.15) is 45.4 Å². The van der Waals surface area contributed by atoms with E-state index in [1.54, 1.807) is 0 Å². The molecule has 19 heavy (non-hydrogen) atoms. The molecule has 0 spiro atoms. The number of likely N-dealkylation sites (N-methyl/N-ethyl adjacent to an activating group) is 1. The van der Waals surface area contributed by atoms with Crippen molar-refractivity contribution in [1.29, 1.82) is 0 Å². The zero-order chi connectivity index (χ0) is 14.7. The lowest BCUT2D eigenvalue weighted by atomic mass is 10.1. The predicted molar refractivity (Wildman–Crippen MR) is 78.0 cm³/mol. The van der Waals surface area contributed by atoms with Crippen LogP contribution in [0.15, 0.2) is 12.2 Å². The summed E-state index contributed by atoms with van der Waals surface area (Å²) in [6, 6.07) is 0. The number of quaternary nitrogens is 1. The van der Waals surface area contributed by atoms with Gasteiger partial charge in [0.25, 0.3) is 0 Å². The van der Waals surface area contributed by atoms with Gasteiger partial charge in [0, 0.05) is 6.42 Å².